The summed E-state index contributed by atoms with van der Waals surface area (Å²) < 4.78 is 18.6. The van der Waals surface area contributed by atoms with E-state index in [0.717, 1.165) is 18.9 Å². The van der Waals surface area contributed by atoms with Gasteiger partial charge in [0, 0.05) is 18.0 Å². The van der Waals surface area contributed by atoms with Crippen LogP contribution in [-0.2, 0) is 9.59 Å². The zero-order chi connectivity index (χ0) is 16.7. The van der Waals surface area contributed by atoms with Crippen molar-refractivity contribution in [3.05, 3.63) is 29.0 Å². The number of Topliss-reactive ketones (excluding diaryl/α,β-unsaturated/α-hetero) is 1. The summed E-state index contributed by atoms with van der Waals surface area (Å²) in [4.78, 5) is 24.4. The van der Waals surface area contributed by atoms with Gasteiger partial charge in [-0.3, -0.25) is 9.59 Å². The average molecular weight is 341 g/mol. The Labute approximate surface area is 138 Å². The number of benzene rings is 1. The molecule has 0 heterocycles. The lowest BCUT2D eigenvalue weighted by Crippen LogP contribution is -2.67. The third-order valence-corrected chi connectivity index (χ3v) is 5.09. The molecule has 7 heteroatoms. The van der Waals surface area contributed by atoms with Gasteiger partial charge >= 0.3 is 0 Å². The second kappa shape index (κ2) is 5.76. The second-order valence-corrected chi connectivity index (χ2v) is 6.86. The van der Waals surface area contributed by atoms with Gasteiger partial charge in [0.25, 0.3) is 5.91 Å². The minimum atomic E-state index is -0.813. The van der Waals surface area contributed by atoms with E-state index in [-0.39, 0.29) is 23.2 Å². The van der Waals surface area contributed by atoms with E-state index in [4.69, 9.17) is 22.1 Å². The van der Waals surface area contributed by atoms with Gasteiger partial charge < -0.3 is 15.8 Å². The van der Waals surface area contributed by atoms with Crippen molar-refractivity contribution in [1.82, 2.24) is 5.32 Å². The number of carbonyl (C=O) groups is 2. The Morgan fingerprint density at radius 1 is 1.35 bits per heavy atom. The molecule has 5 nitrogen and oxygen atoms in total. The van der Waals surface area contributed by atoms with Crippen molar-refractivity contribution in [2.24, 2.45) is 5.73 Å². The van der Waals surface area contributed by atoms with Crippen molar-refractivity contribution in [3.63, 3.8) is 0 Å². The molecule has 2 bridgehead atoms. The lowest BCUT2D eigenvalue weighted by atomic mass is 9.61. The summed E-state index contributed by atoms with van der Waals surface area (Å²) in [6.45, 7) is -0.288. The van der Waals surface area contributed by atoms with Gasteiger partial charge in [-0.2, -0.15) is 0 Å². The molecule has 1 amide bonds. The van der Waals surface area contributed by atoms with Crippen LogP contribution in [0.15, 0.2) is 18.2 Å². The standard InChI is InChI=1S/C16H18ClFN2O3/c17-11-2-1-10(7-12(11)18)23-9-14(22)20-16-5-3-15(19,4-6-16)8-13(16)21/h1-2,7H,3-6,8-9,19H2,(H,20,22). The fraction of sp³-hybridized carbons (Fsp3) is 0.500. The summed E-state index contributed by atoms with van der Waals surface area (Å²) in [6.07, 6.45) is 2.87. The number of carbonyl (C=O) groups excluding carboxylic acids is 2. The largest absolute Gasteiger partial charge is 0.484 e. The minimum Gasteiger partial charge on any atom is -0.484 e. The molecular formula is C16H18ClFN2O3. The number of ether oxygens (including phenoxy) is 1. The van der Waals surface area contributed by atoms with Gasteiger partial charge in [-0.05, 0) is 37.8 Å². The topological polar surface area (TPSA) is 81.4 Å². The van der Waals surface area contributed by atoms with Gasteiger partial charge in [0.15, 0.2) is 12.4 Å². The fourth-order valence-corrected chi connectivity index (χ4v) is 3.45. The maximum absolute atomic E-state index is 13.3. The Kier molecular flexibility index (Phi) is 4.06. The number of nitrogens with two attached hydrogens (primary N) is 1. The van der Waals surface area contributed by atoms with Crippen molar-refractivity contribution in [1.29, 1.82) is 0 Å². The van der Waals surface area contributed by atoms with Crippen LogP contribution in [0.2, 0.25) is 5.02 Å². The second-order valence-electron chi connectivity index (χ2n) is 6.46. The first kappa shape index (κ1) is 16.2. The van der Waals surface area contributed by atoms with Crippen LogP contribution in [0.5, 0.6) is 5.75 Å². The molecule has 23 heavy (non-hydrogen) atoms. The molecule has 0 aromatic heterocycles. The van der Waals surface area contributed by atoms with Crippen LogP contribution in [0.1, 0.15) is 32.1 Å². The first-order chi connectivity index (χ1) is 10.8. The lowest BCUT2D eigenvalue weighted by molar-refractivity contribution is -0.140. The first-order valence-corrected chi connectivity index (χ1v) is 7.91. The number of hydrogen-bond acceptors (Lipinski definition) is 4. The van der Waals surface area contributed by atoms with E-state index in [1.807, 2.05) is 0 Å². The highest BCUT2D eigenvalue weighted by Gasteiger charge is 2.53. The molecule has 3 saturated carbocycles. The zero-order valence-electron chi connectivity index (χ0n) is 12.5. The Hall–Kier alpha value is -1.66. The van der Waals surface area contributed by atoms with E-state index >= 15 is 0 Å². The monoisotopic (exact) mass is 340 g/mol. The van der Waals surface area contributed by atoms with Crippen molar-refractivity contribution in [3.8, 4) is 5.75 Å². The van der Waals surface area contributed by atoms with E-state index in [1.54, 1.807) is 0 Å². The molecule has 0 aliphatic heterocycles. The van der Waals surface area contributed by atoms with Crippen molar-refractivity contribution >= 4 is 23.3 Å². The zero-order valence-corrected chi connectivity index (χ0v) is 13.3. The Bertz CT molecular complexity index is 657. The fourth-order valence-electron chi connectivity index (χ4n) is 3.33. The molecule has 3 aliphatic carbocycles. The van der Waals surface area contributed by atoms with Crippen LogP contribution in [-0.4, -0.2) is 29.4 Å². The van der Waals surface area contributed by atoms with Crippen LogP contribution in [0.3, 0.4) is 0 Å². The summed E-state index contributed by atoms with van der Waals surface area (Å²) in [5, 5.41) is 2.78. The van der Waals surface area contributed by atoms with E-state index in [1.165, 1.54) is 12.1 Å². The number of nitrogens with one attached hydrogen (secondary N) is 1. The predicted octanol–water partition coefficient (Wildman–Crippen LogP) is 1.96. The predicted molar refractivity (Wildman–Crippen MR) is 82.8 cm³/mol. The molecular weight excluding hydrogens is 323 g/mol. The molecule has 3 fully saturated rings. The molecule has 124 valence electrons. The number of halogens is 2. The Morgan fingerprint density at radius 2 is 2.04 bits per heavy atom. The van der Waals surface area contributed by atoms with Crippen molar-refractivity contribution in [2.75, 3.05) is 6.61 Å². The average Bonchev–Trinajstić information content (AvgIpc) is 2.50. The van der Waals surface area contributed by atoms with Crippen LogP contribution >= 0.6 is 11.6 Å². The lowest BCUT2D eigenvalue weighted by Gasteiger charge is -2.50. The molecule has 0 unspecified atom stereocenters. The van der Waals surface area contributed by atoms with Gasteiger partial charge in [-0.25, -0.2) is 4.39 Å². The normalized spacial score (nSPS) is 29.4. The summed E-state index contributed by atoms with van der Waals surface area (Å²) in [6, 6.07) is 3.95. The highest BCUT2D eigenvalue weighted by molar-refractivity contribution is 6.30. The quantitative estimate of drug-likeness (QED) is 0.878. The molecule has 0 spiro atoms. The van der Waals surface area contributed by atoms with E-state index in [2.05, 4.69) is 5.32 Å². The minimum absolute atomic E-state index is 0.0108. The van der Waals surface area contributed by atoms with Crippen LogP contribution in [0.25, 0.3) is 0 Å². The SMILES string of the molecule is NC12CCC(NC(=O)COc3ccc(Cl)c(F)c3)(CC1)C(=O)C2. The van der Waals surface area contributed by atoms with Gasteiger partial charge in [0.2, 0.25) is 0 Å². The summed E-state index contributed by atoms with van der Waals surface area (Å²) in [5.74, 6) is -0.820. The maximum atomic E-state index is 13.3. The van der Waals surface area contributed by atoms with E-state index < -0.39 is 22.8 Å². The van der Waals surface area contributed by atoms with Gasteiger partial charge in [0.05, 0.1) is 10.6 Å². The maximum Gasteiger partial charge on any atom is 0.258 e. The third-order valence-electron chi connectivity index (χ3n) is 4.79. The molecule has 1 aromatic rings. The highest BCUT2D eigenvalue weighted by atomic mass is 35.5. The van der Waals surface area contributed by atoms with E-state index in [0.29, 0.717) is 19.3 Å². The van der Waals surface area contributed by atoms with Gasteiger partial charge in [-0.15, -0.1) is 0 Å². The third kappa shape index (κ3) is 3.19. The van der Waals surface area contributed by atoms with Crippen molar-refractivity contribution in [2.45, 2.75) is 43.2 Å². The highest BCUT2D eigenvalue weighted by Crippen LogP contribution is 2.43. The van der Waals surface area contributed by atoms with Crippen LogP contribution in [0, 0.1) is 5.82 Å². The first-order valence-electron chi connectivity index (χ1n) is 7.53. The number of hydrogen-bond donors (Lipinski definition) is 2. The molecule has 4 rings (SSSR count). The Morgan fingerprint density at radius 3 is 2.65 bits per heavy atom. The summed E-state index contributed by atoms with van der Waals surface area (Å²) in [5.41, 5.74) is 4.92. The van der Waals surface area contributed by atoms with Crippen molar-refractivity contribution < 1.29 is 18.7 Å². The summed E-state index contributed by atoms with van der Waals surface area (Å²) >= 11 is 5.58. The van der Waals surface area contributed by atoms with E-state index in [9.17, 15) is 14.0 Å². The molecule has 1 aromatic carbocycles. The number of ketones is 1. The smallest absolute Gasteiger partial charge is 0.258 e. The molecule has 3 aliphatic rings. The molecule has 0 atom stereocenters. The molecule has 3 N–H and O–H groups in total. The van der Waals surface area contributed by atoms with Crippen LogP contribution in [0.4, 0.5) is 4.39 Å². The Balaban J connectivity index is 1.59. The number of amides is 1. The number of rotatable bonds is 4. The van der Waals surface area contributed by atoms with Crippen LogP contribution < -0.4 is 15.8 Å². The summed E-state index contributed by atoms with van der Waals surface area (Å²) in [7, 11) is 0. The molecule has 0 saturated heterocycles. The number of fused-ring (bicyclic) bond motifs is 3. The van der Waals surface area contributed by atoms with Gasteiger partial charge in [0.1, 0.15) is 11.6 Å². The van der Waals surface area contributed by atoms with Gasteiger partial charge in [-0.1, -0.05) is 11.6 Å². The molecule has 0 radical (unpaired) electrons.